The third kappa shape index (κ3) is 2.76. The molecule has 0 bridgehead atoms. The second-order valence-corrected chi connectivity index (χ2v) is 5.70. The zero-order valence-electron chi connectivity index (χ0n) is 10.9. The molecule has 2 heteroatoms. The molecule has 0 amide bonds. The fourth-order valence-corrected chi connectivity index (χ4v) is 3.06. The lowest BCUT2D eigenvalue weighted by Gasteiger charge is -2.06. The standard InChI is InChI=1S/C15H19NS/c1-10-7-11(2)9-13(8-10)15-6-5-14(17-15)12(3)16-4/h5-9,12,16H,1-4H3. The molecular formula is C15H19NS. The summed E-state index contributed by atoms with van der Waals surface area (Å²) in [6.07, 6.45) is 0. The SMILES string of the molecule is CNC(C)c1ccc(-c2cc(C)cc(C)c2)s1. The summed E-state index contributed by atoms with van der Waals surface area (Å²) >= 11 is 1.87. The maximum Gasteiger partial charge on any atom is 0.0383 e. The second-order valence-electron chi connectivity index (χ2n) is 4.59. The Labute approximate surface area is 108 Å². The molecule has 2 rings (SSSR count). The van der Waals surface area contributed by atoms with Gasteiger partial charge in [0.15, 0.2) is 0 Å². The average Bonchev–Trinajstić information content (AvgIpc) is 2.76. The highest BCUT2D eigenvalue weighted by Crippen LogP contribution is 2.32. The van der Waals surface area contributed by atoms with Gasteiger partial charge in [0.2, 0.25) is 0 Å². The fourth-order valence-electron chi connectivity index (χ4n) is 2.00. The quantitative estimate of drug-likeness (QED) is 0.849. The van der Waals surface area contributed by atoms with Gasteiger partial charge in [-0.15, -0.1) is 11.3 Å². The molecule has 0 spiro atoms. The first-order chi connectivity index (χ1) is 8.10. The molecule has 0 fully saturated rings. The summed E-state index contributed by atoms with van der Waals surface area (Å²) in [6, 6.07) is 11.6. The van der Waals surface area contributed by atoms with E-state index < -0.39 is 0 Å². The number of rotatable bonds is 3. The number of hydrogen-bond acceptors (Lipinski definition) is 2. The van der Waals surface area contributed by atoms with Gasteiger partial charge in [-0.3, -0.25) is 0 Å². The third-order valence-electron chi connectivity index (χ3n) is 2.99. The number of benzene rings is 1. The molecule has 0 saturated carbocycles. The van der Waals surface area contributed by atoms with Gasteiger partial charge in [-0.05, 0) is 45.5 Å². The van der Waals surface area contributed by atoms with Crippen LogP contribution in [-0.4, -0.2) is 7.05 Å². The highest BCUT2D eigenvalue weighted by Gasteiger charge is 2.08. The molecule has 0 saturated heterocycles. The van der Waals surface area contributed by atoms with E-state index in [9.17, 15) is 0 Å². The van der Waals surface area contributed by atoms with Crippen LogP contribution in [0.25, 0.3) is 10.4 Å². The van der Waals surface area contributed by atoms with E-state index in [1.165, 1.54) is 26.4 Å². The maximum atomic E-state index is 3.28. The molecular weight excluding hydrogens is 226 g/mol. The van der Waals surface area contributed by atoms with Crippen LogP contribution < -0.4 is 5.32 Å². The molecule has 0 aliphatic carbocycles. The van der Waals surface area contributed by atoms with Crippen molar-refractivity contribution in [2.45, 2.75) is 26.8 Å². The molecule has 1 heterocycles. The van der Waals surface area contributed by atoms with Crippen LogP contribution in [0.3, 0.4) is 0 Å². The Kier molecular flexibility index (Phi) is 3.65. The predicted octanol–water partition coefficient (Wildman–Crippen LogP) is 4.31. The zero-order chi connectivity index (χ0) is 12.4. The topological polar surface area (TPSA) is 12.0 Å². The van der Waals surface area contributed by atoms with Crippen LogP contribution in [0.2, 0.25) is 0 Å². The van der Waals surface area contributed by atoms with E-state index in [1.807, 2.05) is 18.4 Å². The van der Waals surface area contributed by atoms with Gasteiger partial charge in [-0.25, -0.2) is 0 Å². The van der Waals surface area contributed by atoms with Gasteiger partial charge in [0.05, 0.1) is 0 Å². The van der Waals surface area contributed by atoms with Gasteiger partial charge in [-0.2, -0.15) is 0 Å². The summed E-state index contributed by atoms with van der Waals surface area (Å²) in [5.41, 5.74) is 4.00. The molecule has 1 atom stereocenters. The average molecular weight is 245 g/mol. The number of thiophene rings is 1. The summed E-state index contributed by atoms with van der Waals surface area (Å²) in [7, 11) is 2.00. The van der Waals surface area contributed by atoms with Gasteiger partial charge < -0.3 is 5.32 Å². The van der Waals surface area contributed by atoms with Crippen LogP contribution in [0.5, 0.6) is 0 Å². The molecule has 1 unspecified atom stereocenters. The van der Waals surface area contributed by atoms with Crippen molar-refractivity contribution in [1.82, 2.24) is 5.32 Å². The van der Waals surface area contributed by atoms with Crippen LogP contribution in [-0.2, 0) is 0 Å². The van der Waals surface area contributed by atoms with Gasteiger partial charge in [0.1, 0.15) is 0 Å². The molecule has 17 heavy (non-hydrogen) atoms. The lowest BCUT2D eigenvalue weighted by Crippen LogP contribution is -2.10. The number of nitrogens with one attached hydrogen (secondary N) is 1. The first kappa shape index (κ1) is 12.3. The van der Waals surface area contributed by atoms with E-state index in [-0.39, 0.29) is 0 Å². The second kappa shape index (κ2) is 5.03. The Morgan fingerprint density at radius 2 is 1.71 bits per heavy atom. The molecule has 2 aromatic rings. The number of aryl methyl sites for hydroxylation is 2. The van der Waals surface area contributed by atoms with Crippen LogP contribution in [0.4, 0.5) is 0 Å². The molecule has 0 aliphatic heterocycles. The van der Waals surface area contributed by atoms with E-state index in [1.54, 1.807) is 0 Å². The van der Waals surface area contributed by atoms with E-state index in [0.717, 1.165) is 0 Å². The van der Waals surface area contributed by atoms with Crippen molar-refractivity contribution in [3.05, 3.63) is 46.3 Å². The van der Waals surface area contributed by atoms with E-state index in [0.29, 0.717) is 6.04 Å². The monoisotopic (exact) mass is 245 g/mol. The van der Waals surface area contributed by atoms with Crippen molar-refractivity contribution >= 4 is 11.3 Å². The highest BCUT2D eigenvalue weighted by atomic mass is 32.1. The fraction of sp³-hybridized carbons (Fsp3) is 0.333. The van der Waals surface area contributed by atoms with Gasteiger partial charge in [0.25, 0.3) is 0 Å². The normalized spacial score (nSPS) is 12.7. The Morgan fingerprint density at radius 3 is 2.29 bits per heavy atom. The lowest BCUT2D eigenvalue weighted by atomic mass is 10.1. The Morgan fingerprint density at radius 1 is 1.06 bits per heavy atom. The van der Waals surface area contributed by atoms with Crippen molar-refractivity contribution < 1.29 is 0 Å². The zero-order valence-corrected chi connectivity index (χ0v) is 11.7. The van der Waals surface area contributed by atoms with Crippen molar-refractivity contribution in [2.24, 2.45) is 0 Å². The summed E-state index contributed by atoms with van der Waals surface area (Å²) in [4.78, 5) is 2.75. The third-order valence-corrected chi connectivity index (χ3v) is 4.31. The Bertz CT molecular complexity index is 493. The highest BCUT2D eigenvalue weighted by molar-refractivity contribution is 7.15. The molecule has 0 radical (unpaired) electrons. The van der Waals surface area contributed by atoms with Gasteiger partial charge in [-0.1, -0.05) is 29.3 Å². The largest absolute Gasteiger partial charge is 0.313 e. The Balaban J connectivity index is 2.36. The van der Waals surface area contributed by atoms with Crippen LogP contribution in [0.15, 0.2) is 30.3 Å². The first-order valence-electron chi connectivity index (χ1n) is 5.96. The maximum absolute atomic E-state index is 3.28. The molecule has 0 aliphatic rings. The minimum Gasteiger partial charge on any atom is -0.313 e. The van der Waals surface area contributed by atoms with E-state index in [2.05, 4.69) is 56.4 Å². The summed E-state index contributed by atoms with van der Waals surface area (Å²) in [5.74, 6) is 0. The van der Waals surface area contributed by atoms with Crippen LogP contribution in [0.1, 0.15) is 29.0 Å². The van der Waals surface area contributed by atoms with Crippen LogP contribution >= 0.6 is 11.3 Å². The summed E-state index contributed by atoms with van der Waals surface area (Å²) in [6.45, 7) is 6.50. The molecule has 1 aromatic heterocycles. The van der Waals surface area contributed by atoms with Crippen LogP contribution in [0, 0.1) is 13.8 Å². The number of hydrogen-bond donors (Lipinski definition) is 1. The van der Waals surface area contributed by atoms with E-state index in [4.69, 9.17) is 0 Å². The molecule has 90 valence electrons. The van der Waals surface area contributed by atoms with Crippen molar-refractivity contribution in [3.8, 4) is 10.4 Å². The van der Waals surface area contributed by atoms with Gasteiger partial charge >= 0.3 is 0 Å². The summed E-state index contributed by atoms with van der Waals surface area (Å²) in [5, 5.41) is 3.28. The molecule has 1 aromatic carbocycles. The lowest BCUT2D eigenvalue weighted by molar-refractivity contribution is 0.664. The summed E-state index contributed by atoms with van der Waals surface area (Å²) < 4.78 is 0. The minimum atomic E-state index is 0.430. The van der Waals surface area contributed by atoms with Gasteiger partial charge in [0, 0.05) is 15.8 Å². The molecule has 1 N–H and O–H groups in total. The van der Waals surface area contributed by atoms with Crippen molar-refractivity contribution in [3.63, 3.8) is 0 Å². The first-order valence-corrected chi connectivity index (χ1v) is 6.77. The van der Waals surface area contributed by atoms with Crippen molar-refractivity contribution in [1.29, 1.82) is 0 Å². The Hall–Kier alpha value is -1.12. The predicted molar refractivity (Wildman–Crippen MR) is 76.7 cm³/mol. The van der Waals surface area contributed by atoms with E-state index >= 15 is 0 Å². The van der Waals surface area contributed by atoms with Crippen molar-refractivity contribution in [2.75, 3.05) is 7.05 Å². The smallest absolute Gasteiger partial charge is 0.0383 e. The molecule has 1 nitrogen and oxygen atoms in total. The minimum absolute atomic E-state index is 0.430.